The molecule has 2 heterocycles. The third-order valence-electron chi connectivity index (χ3n) is 5.31. The number of carbonyl (C=O) groups is 2. The number of nitrogens with one attached hydrogen (secondary N) is 2. The monoisotopic (exact) mass is 506 g/mol. The number of aromatic nitrogens is 2. The number of fused-ring (bicyclic) bond motifs is 1. The van der Waals surface area contributed by atoms with Crippen LogP contribution in [0.4, 0.5) is 17.2 Å². The highest BCUT2D eigenvalue weighted by Crippen LogP contribution is 2.40. The molecule has 4 aromatic rings. The van der Waals surface area contributed by atoms with Crippen LogP contribution in [0.1, 0.15) is 39.4 Å². The van der Waals surface area contributed by atoms with Crippen LogP contribution in [0.3, 0.4) is 0 Å². The van der Waals surface area contributed by atoms with Crippen LogP contribution in [0.2, 0.25) is 0 Å². The van der Waals surface area contributed by atoms with E-state index in [1.54, 1.807) is 50.2 Å². The Hall–Kier alpha value is -4.18. The Morgan fingerprint density at radius 2 is 1.64 bits per heavy atom. The first kappa shape index (κ1) is 24.9. The van der Waals surface area contributed by atoms with E-state index in [1.807, 2.05) is 13.0 Å². The van der Waals surface area contributed by atoms with Crippen molar-refractivity contribution in [2.24, 2.45) is 0 Å². The lowest BCUT2D eigenvalue weighted by Gasteiger charge is -2.17. The highest BCUT2D eigenvalue weighted by molar-refractivity contribution is 7.20. The number of carbonyl (C=O) groups excluding carboxylic acids is 2. The molecule has 0 aliphatic carbocycles. The average Bonchev–Trinajstić information content (AvgIpc) is 3.22. The zero-order valence-electron chi connectivity index (χ0n) is 20.5. The number of ether oxygens (including phenoxy) is 3. The minimum atomic E-state index is -0.394. The van der Waals surface area contributed by atoms with Gasteiger partial charge in [-0.25, -0.2) is 14.8 Å². The van der Waals surface area contributed by atoms with E-state index in [0.29, 0.717) is 49.3 Å². The molecule has 0 unspecified atom stereocenters. The summed E-state index contributed by atoms with van der Waals surface area (Å²) in [5.41, 5.74) is 2.25. The third kappa shape index (κ3) is 5.08. The van der Waals surface area contributed by atoms with E-state index in [1.165, 1.54) is 31.9 Å². The lowest BCUT2D eigenvalue weighted by molar-refractivity contribution is 0.0383. The van der Waals surface area contributed by atoms with Crippen LogP contribution in [0.25, 0.3) is 10.2 Å². The normalized spacial score (nSPS) is 10.8. The molecule has 0 fully saturated rings. The van der Waals surface area contributed by atoms with Crippen molar-refractivity contribution in [2.45, 2.75) is 26.9 Å². The number of benzene rings is 2. The van der Waals surface area contributed by atoms with Gasteiger partial charge in [0.1, 0.15) is 33.4 Å². The largest absolute Gasteiger partial charge is 0.494 e. The second kappa shape index (κ2) is 10.6. The van der Waals surface area contributed by atoms with Crippen molar-refractivity contribution in [3.63, 3.8) is 0 Å². The summed E-state index contributed by atoms with van der Waals surface area (Å²) < 4.78 is 16.5. The predicted octanol–water partition coefficient (Wildman–Crippen LogP) is 5.58. The van der Waals surface area contributed by atoms with Gasteiger partial charge >= 0.3 is 5.97 Å². The maximum Gasteiger partial charge on any atom is 0.348 e. The summed E-state index contributed by atoms with van der Waals surface area (Å²) in [7, 11) is 3.05. The smallest absolute Gasteiger partial charge is 0.348 e. The van der Waals surface area contributed by atoms with Gasteiger partial charge in [0.2, 0.25) is 0 Å². The SMILES string of the molecule is COc1cc(Nc2ncnc3sc(C(=O)OC(C)C)c(C)c23)c(OC)cc1NC(=O)c1ccccc1. The molecule has 2 aromatic heterocycles. The molecule has 186 valence electrons. The highest BCUT2D eigenvalue weighted by atomic mass is 32.1. The first-order valence-corrected chi connectivity index (χ1v) is 12.0. The maximum absolute atomic E-state index is 12.7. The van der Waals surface area contributed by atoms with Gasteiger partial charge in [-0.15, -0.1) is 11.3 Å². The lowest BCUT2D eigenvalue weighted by atomic mass is 10.1. The van der Waals surface area contributed by atoms with Crippen molar-refractivity contribution in [3.8, 4) is 11.5 Å². The summed E-state index contributed by atoms with van der Waals surface area (Å²) in [5.74, 6) is 0.714. The molecule has 0 saturated carbocycles. The van der Waals surface area contributed by atoms with Crippen molar-refractivity contribution < 1.29 is 23.8 Å². The van der Waals surface area contributed by atoms with E-state index >= 15 is 0 Å². The van der Waals surface area contributed by atoms with Gasteiger partial charge in [-0.2, -0.15) is 0 Å². The minimum absolute atomic E-state index is 0.233. The molecule has 0 aliphatic rings. The van der Waals surface area contributed by atoms with Gasteiger partial charge in [-0.3, -0.25) is 4.79 Å². The van der Waals surface area contributed by atoms with E-state index in [2.05, 4.69) is 20.6 Å². The fourth-order valence-electron chi connectivity index (χ4n) is 3.63. The molecule has 0 bridgehead atoms. The molecule has 0 radical (unpaired) electrons. The molecule has 0 atom stereocenters. The van der Waals surface area contributed by atoms with Gasteiger partial charge in [-0.05, 0) is 38.5 Å². The summed E-state index contributed by atoms with van der Waals surface area (Å²) in [6, 6.07) is 12.3. The lowest BCUT2D eigenvalue weighted by Crippen LogP contribution is -2.13. The topological polar surface area (TPSA) is 112 Å². The van der Waals surface area contributed by atoms with Crippen LogP contribution >= 0.6 is 11.3 Å². The molecule has 4 rings (SSSR count). The predicted molar refractivity (Wildman–Crippen MR) is 140 cm³/mol. The quantitative estimate of drug-likeness (QED) is 0.298. The van der Waals surface area contributed by atoms with Crippen LogP contribution in [0, 0.1) is 6.92 Å². The first-order valence-electron chi connectivity index (χ1n) is 11.2. The van der Waals surface area contributed by atoms with E-state index in [9.17, 15) is 9.59 Å². The Morgan fingerprint density at radius 3 is 2.31 bits per heavy atom. The molecule has 9 nitrogen and oxygen atoms in total. The standard InChI is InChI=1S/C26H26N4O5S/c1-14(2)35-26(32)22-15(3)21-23(27-13-28-25(21)36-22)29-17-11-20(34-5)18(12-19(17)33-4)30-24(31)16-9-7-6-8-10-16/h6-14H,1-5H3,(H,30,31)(H,27,28,29). The molecule has 2 aromatic carbocycles. The van der Waals surface area contributed by atoms with E-state index in [4.69, 9.17) is 14.2 Å². The highest BCUT2D eigenvalue weighted by Gasteiger charge is 2.22. The summed E-state index contributed by atoms with van der Waals surface area (Å²) in [6.45, 7) is 5.45. The van der Waals surface area contributed by atoms with Crippen molar-refractivity contribution in [2.75, 3.05) is 24.9 Å². The van der Waals surface area contributed by atoms with Crippen molar-refractivity contribution in [1.82, 2.24) is 9.97 Å². The maximum atomic E-state index is 12.7. The zero-order chi connectivity index (χ0) is 25.8. The first-order chi connectivity index (χ1) is 17.3. The number of hydrogen-bond donors (Lipinski definition) is 2. The number of nitrogens with zero attached hydrogens (tertiary/aromatic N) is 2. The van der Waals surface area contributed by atoms with Gasteiger partial charge in [0, 0.05) is 17.7 Å². The Labute approximate surface area is 212 Å². The zero-order valence-corrected chi connectivity index (χ0v) is 21.4. The van der Waals surface area contributed by atoms with Crippen LogP contribution in [-0.2, 0) is 4.74 Å². The van der Waals surface area contributed by atoms with Crippen molar-refractivity contribution in [3.05, 3.63) is 64.8 Å². The summed E-state index contributed by atoms with van der Waals surface area (Å²) in [4.78, 5) is 35.1. The number of anilines is 3. The average molecular weight is 507 g/mol. The van der Waals surface area contributed by atoms with Crippen molar-refractivity contribution in [1.29, 1.82) is 0 Å². The second-order valence-corrected chi connectivity index (χ2v) is 9.11. The number of aryl methyl sites for hydroxylation is 1. The molecule has 2 N–H and O–H groups in total. The molecule has 10 heteroatoms. The van der Waals surface area contributed by atoms with E-state index in [0.717, 1.165) is 5.56 Å². The van der Waals surface area contributed by atoms with Gasteiger partial charge in [0.25, 0.3) is 5.91 Å². The fourth-order valence-corrected chi connectivity index (χ4v) is 4.66. The van der Waals surface area contributed by atoms with Crippen molar-refractivity contribution >= 4 is 50.6 Å². The molecule has 36 heavy (non-hydrogen) atoms. The number of methoxy groups -OCH3 is 2. The van der Waals surface area contributed by atoms with E-state index < -0.39 is 5.97 Å². The number of amides is 1. The molecular formula is C26H26N4O5S. The fraction of sp³-hybridized carbons (Fsp3) is 0.231. The van der Waals surface area contributed by atoms with Crippen LogP contribution in [0.5, 0.6) is 11.5 Å². The van der Waals surface area contributed by atoms with Gasteiger partial charge in [0.15, 0.2) is 0 Å². The second-order valence-electron chi connectivity index (χ2n) is 8.11. The minimum Gasteiger partial charge on any atom is -0.494 e. The van der Waals surface area contributed by atoms with Gasteiger partial charge < -0.3 is 24.8 Å². The molecule has 0 spiro atoms. The van der Waals surface area contributed by atoms with Gasteiger partial charge in [-0.1, -0.05) is 18.2 Å². The summed E-state index contributed by atoms with van der Waals surface area (Å²) in [5, 5.41) is 6.85. The molecule has 0 aliphatic heterocycles. The van der Waals surface area contributed by atoms with Crippen LogP contribution in [0.15, 0.2) is 48.8 Å². The Morgan fingerprint density at radius 1 is 0.972 bits per heavy atom. The molecule has 0 saturated heterocycles. The number of thiophene rings is 1. The number of esters is 1. The summed E-state index contributed by atoms with van der Waals surface area (Å²) >= 11 is 1.25. The molecular weight excluding hydrogens is 480 g/mol. The number of rotatable bonds is 8. The summed E-state index contributed by atoms with van der Waals surface area (Å²) in [6.07, 6.45) is 1.19. The van der Waals surface area contributed by atoms with Crippen LogP contribution in [-0.4, -0.2) is 42.2 Å². The Balaban J connectivity index is 1.70. The van der Waals surface area contributed by atoms with E-state index in [-0.39, 0.29) is 12.0 Å². The third-order valence-corrected chi connectivity index (χ3v) is 6.49. The van der Waals surface area contributed by atoms with Gasteiger partial charge in [0.05, 0.1) is 37.1 Å². The Kier molecular flexibility index (Phi) is 7.35. The van der Waals surface area contributed by atoms with Crippen LogP contribution < -0.4 is 20.1 Å². The Bertz CT molecular complexity index is 1420. The number of hydrogen-bond acceptors (Lipinski definition) is 9. The molecule has 1 amide bonds.